The Bertz CT molecular complexity index is 117. The summed E-state index contributed by atoms with van der Waals surface area (Å²) in [6, 6.07) is 0. The first-order valence-corrected chi connectivity index (χ1v) is 4.04. The maximum atomic E-state index is 8.14. The van der Waals surface area contributed by atoms with Crippen LogP contribution in [0.15, 0.2) is 0 Å². The highest BCUT2D eigenvalue weighted by molar-refractivity contribution is 8.03. The van der Waals surface area contributed by atoms with Crippen molar-refractivity contribution in [2.45, 2.75) is 18.9 Å². The van der Waals surface area contributed by atoms with Crippen molar-refractivity contribution in [3.8, 4) is 5.40 Å². The Morgan fingerprint density at radius 3 is 3.00 bits per heavy atom. The fourth-order valence-corrected chi connectivity index (χ4v) is 1.22. The Labute approximate surface area is 59.2 Å². The Balaban J connectivity index is 1.87. The van der Waals surface area contributed by atoms with Crippen molar-refractivity contribution in [2.24, 2.45) is 0 Å². The molecule has 3 heteroatoms. The Hall–Kier alpha value is -0.200. The Kier molecular flexibility index (Phi) is 2.88. The normalized spacial score (nSPS) is 24.6. The van der Waals surface area contributed by atoms with E-state index in [1.165, 1.54) is 18.2 Å². The Morgan fingerprint density at radius 1 is 1.78 bits per heavy atom. The predicted molar refractivity (Wildman–Crippen MR) is 37.0 cm³/mol. The van der Waals surface area contributed by atoms with Crippen molar-refractivity contribution in [3.63, 3.8) is 0 Å². The summed E-state index contributed by atoms with van der Waals surface area (Å²) >= 11 is 1.31. The van der Waals surface area contributed by atoms with E-state index in [-0.39, 0.29) is 0 Å². The minimum absolute atomic E-state index is 0.464. The van der Waals surface area contributed by atoms with Crippen LogP contribution in [0.2, 0.25) is 0 Å². The number of hydrogen-bond donors (Lipinski definition) is 0. The zero-order valence-electron chi connectivity index (χ0n) is 5.17. The van der Waals surface area contributed by atoms with Crippen LogP contribution in [-0.4, -0.2) is 18.5 Å². The van der Waals surface area contributed by atoms with Crippen LogP contribution < -0.4 is 0 Å². The summed E-state index contributed by atoms with van der Waals surface area (Å²) in [6.45, 7) is 0.919. The van der Waals surface area contributed by atoms with Gasteiger partial charge in [-0.15, -0.1) is 0 Å². The predicted octanol–water partition coefficient (Wildman–Crippen LogP) is 1.38. The molecular formula is C6H9NOS. The third-order valence-electron chi connectivity index (χ3n) is 1.40. The van der Waals surface area contributed by atoms with Gasteiger partial charge in [-0.3, -0.25) is 0 Å². The fraction of sp³-hybridized carbons (Fsp3) is 0.833. The van der Waals surface area contributed by atoms with Crippen LogP contribution in [0.25, 0.3) is 0 Å². The van der Waals surface area contributed by atoms with Gasteiger partial charge in [-0.25, -0.2) is 0 Å². The van der Waals surface area contributed by atoms with Crippen molar-refractivity contribution in [1.29, 1.82) is 5.26 Å². The van der Waals surface area contributed by atoms with Gasteiger partial charge in [0.25, 0.3) is 0 Å². The zero-order chi connectivity index (χ0) is 6.53. The van der Waals surface area contributed by atoms with E-state index in [0.717, 1.165) is 18.8 Å². The molecule has 0 aromatic rings. The van der Waals surface area contributed by atoms with Gasteiger partial charge in [0.05, 0.1) is 6.10 Å². The van der Waals surface area contributed by atoms with Gasteiger partial charge in [-0.1, -0.05) is 0 Å². The van der Waals surface area contributed by atoms with E-state index >= 15 is 0 Å². The number of thioether (sulfide) groups is 1. The van der Waals surface area contributed by atoms with E-state index in [0.29, 0.717) is 6.10 Å². The molecule has 1 aliphatic heterocycles. The number of ether oxygens (including phenoxy) is 1. The second kappa shape index (κ2) is 3.76. The minimum Gasteiger partial charge on any atom is -0.378 e. The molecule has 1 saturated heterocycles. The molecule has 0 N–H and O–H groups in total. The number of rotatable bonds is 3. The van der Waals surface area contributed by atoms with Crippen LogP contribution in [0.4, 0.5) is 0 Å². The molecule has 50 valence electrons. The third-order valence-corrected chi connectivity index (χ3v) is 1.97. The molecule has 1 atom stereocenters. The summed E-state index contributed by atoms with van der Waals surface area (Å²) < 4.78 is 5.15. The number of hydrogen-bond acceptors (Lipinski definition) is 3. The maximum absolute atomic E-state index is 8.14. The lowest BCUT2D eigenvalue weighted by Gasteiger charge is -2.25. The molecule has 2 nitrogen and oxygen atoms in total. The average Bonchev–Trinajstić information content (AvgIpc) is 1.76. The van der Waals surface area contributed by atoms with Gasteiger partial charge in [0.1, 0.15) is 5.40 Å². The summed E-state index contributed by atoms with van der Waals surface area (Å²) in [6.07, 6.45) is 2.69. The van der Waals surface area contributed by atoms with Crippen molar-refractivity contribution in [1.82, 2.24) is 0 Å². The van der Waals surface area contributed by atoms with Crippen LogP contribution in [-0.2, 0) is 4.74 Å². The smallest absolute Gasteiger partial charge is 0.133 e. The van der Waals surface area contributed by atoms with E-state index in [4.69, 9.17) is 10.00 Å². The summed E-state index contributed by atoms with van der Waals surface area (Å²) in [5.41, 5.74) is 0. The van der Waals surface area contributed by atoms with Crippen molar-refractivity contribution < 1.29 is 4.74 Å². The number of nitriles is 1. The molecule has 1 rings (SSSR count). The molecule has 1 aliphatic rings. The highest BCUT2D eigenvalue weighted by Crippen LogP contribution is 2.16. The summed E-state index contributed by atoms with van der Waals surface area (Å²) in [5, 5.41) is 10.2. The SMILES string of the molecule is N#CSCCC1CCO1. The average molecular weight is 143 g/mol. The summed E-state index contributed by atoms with van der Waals surface area (Å²) in [7, 11) is 0. The zero-order valence-corrected chi connectivity index (χ0v) is 5.99. The lowest BCUT2D eigenvalue weighted by molar-refractivity contribution is -0.0508. The van der Waals surface area contributed by atoms with Crippen molar-refractivity contribution in [2.75, 3.05) is 12.4 Å². The van der Waals surface area contributed by atoms with Gasteiger partial charge in [0.15, 0.2) is 0 Å². The Morgan fingerprint density at radius 2 is 2.56 bits per heavy atom. The van der Waals surface area contributed by atoms with Crippen LogP contribution in [0.3, 0.4) is 0 Å². The first-order valence-electron chi connectivity index (χ1n) is 3.06. The lowest BCUT2D eigenvalue weighted by Crippen LogP contribution is -2.26. The quantitative estimate of drug-likeness (QED) is 0.442. The van der Waals surface area contributed by atoms with Crippen molar-refractivity contribution >= 4 is 11.8 Å². The van der Waals surface area contributed by atoms with Gasteiger partial charge in [0, 0.05) is 12.4 Å². The molecule has 0 aromatic heterocycles. The van der Waals surface area contributed by atoms with E-state index in [1.807, 2.05) is 5.40 Å². The maximum Gasteiger partial charge on any atom is 0.133 e. The van der Waals surface area contributed by atoms with Crippen LogP contribution >= 0.6 is 11.8 Å². The molecule has 1 fully saturated rings. The molecule has 9 heavy (non-hydrogen) atoms. The third kappa shape index (κ3) is 2.25. The number of nitrogens with zero attached hydrogens (tertiary/aromatic N) is 1. The highest BCUT2D eigenvalue weighted by Gasteiger charge is 2.16. The molecule has 1 heterocycles. The first-order chi connectivity index (χ1) is 4.43. The minimum atomic E-state index is 0.464. The van der Waals surface area contributed by atoms with E-state index < -0.39 is 0 Å². The molecule has 0 aromatic carbocycles. The first kappa shape index (κ1) is 6.91. The topological polar surface area (TPSA) is 33.0 Å². The van der Waals surface area contributed by atoms with Gasteiger partial charge in [-0.05, 0) is 24.6 Å². The summed E-state index contributed by atoms with van der Waals surface area (Å²) in [4.78, 5) is 0. The van der Waals surface area contributed by atoms with Crippen molar-refractivity contribution in [3.05, 3.63) is 0 Å². The van der Waals surface area contributed by atoms with Gasteiger partial charge in [0.2, 0.25) is 0 Å². The molecule has 1 unspecified atom stereocenters. The fourth-order valence-electron chi connectivity index (χ4n) is 0.748. The van der Waals surface area contributed by atoms with E-state index in [9.17, 15) is 0 Å². The molecule has 0 saturated carbocycles. The lowest BCUT2D eigenvalue weighted by atomic mass is 10.1. The number of thiocyanates is 1. The molecule has 0 amide bonds. The molecule has 0 bridgehead atoms. The molecule has 0 radical (unpaired) electrons. The standard InChI is InChI=1S/C6H9NOS/c7-5-9-4-2-6-1-3-8-6/h6H,1-4H2. The van der Waals surface area contributed by atoms with Gasteiger partial charge >= 0.3 is 0 Å². The van der Waals surface area contributed by atoms with Gasteiger partial charge < -0.3 is 4.74 Å². The van der Waals surface area contributed by atoms with E-state index in [2.05, 4.69) is 0 Å². The van der Waals surface area contributed by atoms with Gasteiger partial charge in [-0.2, -0.15) is 5.26 Å². The second-order valence-electron chi connectivity index (χ2n) is 2.01. The molecule has 0 spiro atoms. The molecular weight excluding hydrogens is 134 g/mol. The van der Waals surface area contributed by atoms with Crippen LogP contribution in [0, 0.1) is 10.7 Å². The van der Waals surface area contributed by atoms with Crippen LogP contribution in [0.1, 0.15) is 12.8 Å². The largest absolute Gasteiger partial charge is 0.378 e. The monoisotopic (exact) mass is 143 g/mol. The second-order valence-corrected chi connectivity index (χ2v) is 2.89. The summed E-state index contributed by atoms with van der Waals surface area (Å²) in [5.74, 6) is 0.918. The van der Waals surface area contributed by atoms with Crippen LogP contribution in [0.5, 0.6) is 0 Å². The highest BCUT2D eigenvalue weighted by atomic mass is 32.2. The van der Waals surface area contributed by atoms with E-state index in [1.54, 1.807) is 0 Å². The molecule has 0 aliphatic carbocycles.